The van der Waals surface area contributed by atoms with Gasteiger partial charge < -0.3 is 0 Å². The van der Waals surface area contributed by atoms with Crippen LogP contribution in [-0.2, 0) is 9.05 Å². The van der Waals surface area contributed by atoms with Crippen molar-refractivity contribution < 1.29 is 8.42 Å². The van der Waals surface area contributed by atoms with Crippen LogP contribution in [0.3, 0.4) is 0 Å². The van der Waals surface area contributed by atoms with Gasteiger partial charge in [0.25, 0.3) is 9.05 Å². The van der Waals surface area contributed by atoms with Crippen LogP contribution in [0.2, 0.25) is 0 Å². The molecule has 1 aromatic carbocycles. The summed E-state index contributed by atoms with van der Waals surface area (Å²) in [6.07, 6.45) is 0. The van der Waals surface area contributed by atoms with Crippen LogP contribution in [0.15, 0.2) is 29.2 Å². The van der Waals surface area contributed by atoms with Crippen molar-refractivity contribution in [1.82, 2.24) is 9.78 Å². The van der Waals surface area contributed by atoms with Crippen LogP contribution in [0.1, 0.15) is 17.0 Å². The Morgan fingerprint density at radius 2 is 1.84 bits per heavy atom. The number of aryl methyl sites for hydroxylation is 1. The Morgan fingerprint density at radius 1 is 1.26 bits per heavy atom. The third-order valence-electron chi connectivity index (χ3n) is 2.77. The van der Waals surface area contributed by atoms with E-state index in [0.717, 1.165) is 0 Å². The molecule has 0 amide bonds. The van der Waals surface area contributed by atoms with Crippen LogP contribution in [0, 0.1) is 25.2 Å². The van der Waals surface area contributed by atoms with E-state index >= 15 is 0 Å². The Labute approximate surface area is 115 Å². The Bertz CT molecular complexity index is 771. The summed E-state index contributed by atoms with van der Waals surface area (Å²) in [6.45, 7) is 3.53. The Hall–Kier alpha value is -1.84. The fourth-order valence-corrected chi connectivity index (χ4v) is 2.58. The summed E-state index contributed by atoms with van der Waals surface area (Å²) in [5.74, 6) is 0. The summed E-state index contributed by atoms with van der Waals surface area (Å²) in [5.41, 5.74) is 2.54. The average molecular weight is 296 g/mol. The Kier molecular flexibility index (Phi) is 3.35. The van der Waals surface area contributed by atoms with Crippen molar-refractivity contribution in [1.29, 1.82) is 5.26 Å². The summed E-state index contributed by atoms with van der Waals surface area (Å²) in [7, 11) is 1.52. The normalized spacial score (nSPS) is 11.3. The number of rotatable bonds is 2. The molecule has 0 fully saturated rings. The molecule has 7 heteroatoms. The minimum Gasteiger partial charge on any atom is -0.236 e. The van der Waals surface area contributed by atoms with Crippen LogP contribution in [-0.4, -0.2) is 18.2 Å². The van der Waals surface area contributed by atoms with Crippen LogP contribution in [0.25, 0.3) is 5.69 Å². The first-order valence-corrected chi connectivity index (χ1v) is 7.67. The number of benzene rings is 1. The largest absolute Gasteiger partial charge is 0.261 e. The van der Waals surface area contributed by atoms with Gasteiger partial charge in [-0.25, -0.2) is 13.1 Å². The molecular weight excluding hydrogens is 286 g/mol. The second-order valence-corrected chi connectivity index (χ2v) is 6.57. The van der Waals surface area contributed by atoms with Gasteiger partial charge in [-0.2, -0.15) is 10.4 Å². The standard InChI is InChI=1S/C12H10ClN3O2S/c1-8-12(7-14)9(2)16(15-8)10-3-5-11(6-4-10)19(13,17)18/h3-6H,1-2H3. The summed E-state index contributed by atoms with van der Waals surface area (Å²) in [4.78, 5) is 0.0277. The SMILES string of the molecule is Cc1nn(-c2ccc(S(=O)(=O)Cl)cc2)c(C)c1C#N. The minimum atomic E-state index is -3.73. The zero-order valence-electron chi connectivity index (χ0n) is 10.3. The summed E-state index contributed by atoms with van der Waals surface area (Å²) in [5, 5.41) is 13.3. The minimum absolute atomic E-state index is 0.0277. The molecule has 0 atom stereocenters. The van der Waals surface area contributed by atoms with Crippen molar-refractivity contribution in [3.05, 3.63) is 41.2 Å². The van der Waals surface area contributed by atoms with Crippen molar-refractivity contribution in [3.8, 4) is 11.8 Å². The first-order chi connectivity index (χ1) is 8.84. The van der Waals surface area contributed by atoms with Crippen molar-refractivity contribution in [3.63, 3.8) is 0 Å². The third kappa shape index (κ3) is 2.48. The molecule has 2 aromatic rings. The summed E-state index contributed by atoms with van der Waals surface area (Å²) < 4.78 is 23.9. The molecule has 19 heavy (non-hydrogen) atoms. The molecule has 0 bridgehead atoms. The van der Waals surface area contributed by atoms with E-state index in [1.165, 1.54) is 12.1 Å². The molecule has 0 saturated carbocycles. The Balaban J connectivity index is 2.53. The number of nitrogens with zero attached hydrogens (tertiary/aromatic N) is 3. The fraction of sp³-hybridized carbons (Fsp3) is 0.167. The molecule has 2 rings (SSSR count). The van der Waals surface area contributed by atoms with Gasteiger partial charge in [0.2, 0.25) is 0 Å². The Morgan fingerprint density at radius 3 is 2.26 bits per heavy atom. The second kappa shape index (κ2) is 4.68. The first kappa shape index (κ1) is 13.6. The van der Waals surface area contributed by atoms with Gasteiger partial charge in [0.15, 0.2) is 0 Å². The molecule has 0 aliphatic rings. The highest BCUT2D eigenvalue weighted by atomic mass is 35.7. The van der Waals surface area contributed by atoms with Crippen molar-refractivity contribution in [2.24, 2.45) is 0 Å². The number of hydrogen-bond acceptors (Lipinski definition) is 4. The first-order valence-electron chi connectivity index (χ1n) is 5.36. The lowest BCUT2D eigenvalue weighted by Gasteiger charge is -2.04. The van der Waals surface area contributed by atoms with E-state index < -0.39 is 9.05 Å². The predicted molar refractivity (Wildman–Crippen MR) is 70.8 cm³/mol. The monoisotopic (exact) mass is 295 g/mol. The molecule has 5 nitrogen and oxygen atoms in total. The maximum Gasteiger partial charge on any atom is 0.261 e. The zero-order chi connectivity index (χ0) is 14.2. The van der Waals surface area contributed by atoms with Crippen molar-refractivity contribution >= 4 is 19.7 Å². The van der Waals surface area contributed by atoms with E-state index in [4.69, 9.17) is 15.9 Å². The molecule has 1 heterocycles. The van der Waals surface area contributed by atoms with Gasteiger partial charge in [-0.05, 0) is 38.1 Å². The maximum absolute atomic E-state index is 11.2. The van der Waals surface area contributed by atoms with Crippen LogP contribution in [0.4, 0.5) is 0 Å². The summed E-state index contributed by atoms with van der Waals surface area (Å²) >= 11 is 0. The topological polar surface area (TPSA) is 75.8 Å². The molecule has 0 saturated heterocycles. The van der Waals surface area contributed by atoms with Gasteiger partial charge in [0.05, 0.1) is 27.5 Å². The van der Waals surface area contributed by atoms with Gasteiger partial charge in [-0.1, -0.05) is 0 Å². The zero-order valence-corrected chi connectivity index (χ0v) is 11.8. The van der Waals surface area contributed by atoms with E-state index in [2.05, 4.69) is 11.2 Å². The maximum atomic E-state index is 11.2. The molecule has 1 aromatic heterocycles. The summed E-state index contributed by atoms with van der Waals surface area (Å²) in [6, 6.07) is 8.08. The van der Waals surface area contributed by atoms with Crippen molar-refractivity contribution in [2.45, 2.75) is 18.7 Å². The highest BCUT2D eigenvalue weighted by Crippen LogP contribution is 2.20. The van der Waals surface area contributed by atoms with E-state index in [1.807, 2.05) is 0 Å². The molecule has 0 radical (unpaired) electrons. The average Bonchev–Trinajstić information content (AvgIpc) is 2.63. The van der Waals surface area contributed by atoms with Crippen LogP contribution in [0.5, 0.6) is 0 Å². The third-order valence-corrected chi connectivity index (χ3v) is 4.14. The predicted octanol–water partition coefficient (Wildman–Crippen LogP) is 2.29. The lowest BCUT2D eigenvalue weighted by Crippen LogP contribution is -2.00. The smallest absolute Gasteiger partial charge is 0.236 e. The molecule has 0 aliphatic heterocycles. The number of halogens is 1. The van der Waals surface area contributed by atoms with Gasteiger partial charge in [0.1, 0.15) is 6.07 Å². The van der Waals surface area contributed by atoms with Crippen LogP contribution < -0.4 is 0 Å². The van der Waals surface area contributed by atoms with Gasteiger partial charge in [-0.15, -0.1) is 0 Å². The fourth-order valence-electron chi connectivity index (χ4n) is 1.81. The molecule has 0 aliphatic carbocycles. The lowest BCUT2D eigenvalue weighted by atomic mass is 10.2. The van der Waals surface area contributed by atoms with E-state index in [0.29, 0.717) is 22.6 Å². The van der Waals surface area contributed by atoms with E-state index in [9.17, 15) is 8.42 Å². The molecular formula is C12H10ClN3O2S. The van der Waals surface area contributed by atoms with Gasteiger partial charge in [-0.3, -0.25) is 0 Å². The van der Waals surface area contributed by atoms with Crippen molar-refractivity contribution in [2.75, 3.05) is 0 Å². The lowest BCUT2D eigenvalue weighted by molar-refractivity contribution is 0.609. The molecule has 0 unspecified atom stereocenters. The number of aromatic nitrogens is 2. The molecule has 0 N–H and O–H groups in total. The number of hydrogen-bond donors (Lipinski definition) is 0. The number of nitriles is 1. The van der Waals surface area contributed by atoms with Gasteiger partial charge in [0, 0.05) is 10.7 Å². The highest BCUT2D eigenvalue weighted by Gasteiger charge is 2.14. The van der Waals surface area contributed by atoms with E-state index in [1.54, 1.807) is 30.7 Å². The second-order valence-electron chi connectivity index (χ2n) is 4.00. The highest BCUT2D eigenvalue weighted by molar-refractivity contribution is 8.13. The van der Waals surface area contributed by atoms with E-state index in [-0.39, 0.29) is 4.90 Å². The molecule has 98 valence electrons. The van der Waals surface area contributed by atoms with Gasteiger partial charge >= 0.3 is 0 Å². The molecule has 0 spiro atoms. The quantitative estimate of drug-likeness (QED) is 0.797. The van der Waals surface area contributed by atoms with Crippen LogP contribution >= 0.6 is 10.7 Å².